The third-order valence-electron chi connectivity index (χ3n) is 4.89. The zero-order chi connectivity index (χ0) is 22.0. The number of nitro groups is 1. The summed E-state index contributed by atoms with van der Waals surface area (Å²) in [6, 6.07) is 5.10. The number of aliphatic hydroxyl groups excluding tert-OH is 6. The van der Waals surface area contributed by atoms with Crippen LogP contribution in [0.1, 0.15) is 0 Å². The Kier molecular flexibility index (Phi) is 7.49. The van der Waals surface area contributed by atoms with Gasteiger partial charge in [-0.2, -0.15) is 0 Å². The van der Waals surface area contributed by atoms with Crippen molar-refractivity contribution in [2.45, 2.75) is 53.6 Å². The second-order valence-corrected chi connectivity index (χ2v) is 8.27. The number of non-ortho nitro benzene ring substituents is 1. The van der Waals surface area contributed by atoms with E-state index in [0.29, 0.717) is 0 Å². The summed E-state index contributed by atoms with van der Waals surface area (Å²) >= 11 is 0.880. The van der Waals surface area contributed by atoms with Crippen LogP contribution in [0.25, 0.3) is 0 Å². The van der Waals surface area contributed by atoms with Crippen molar-refractivity contribution in [2.75, 3.05) is 13.2 Å². The quantitative estimate of drug-likeness (QED) is 0.206. The molecule has 2 heterocycles. The highest BCUT2D eigenvalue weighted by molar-refractivity contribution is 8.00. The number of aliphatic hydroxyl groups is 6. The minimum atomic E-state index is -1.56. The molecule has 3 rings (SSSR count). The Hall–Kier alpha value is -1.55. The van der Waals surface area contributed by atoms with E-state index in [2.05, 4.69) is 0 Å². The van der Waals surface area contributed by atoms with Crippen LogP contribution >= 0.6 is 11.8 Å². The Bertz CT molecular complexity index is 720. The van der Waals surface area contributed by atoms with Crippen LogP contribution in [0.3, 0.4) is 0 Å². The first-order valence-electron chi connectivity index (χ1n) is 9.07. The predicted octanol–water partition coefficient (Wildman–Crippen LogP) is -2.05. The second kappa shape index (κ2) is 9.72. The van der Waals surface area contributed by atoms with E-state index < -0.39 is 65.1 Å². The van der Waals surface area contributed by atoms with Crippen LogP contribution in [-0.2, 0) is 9.47 Å². The van der Waals surface area contributed by atoms with Gasteiger partial charge in [0, 0.05) is 12.1 Å². The van der Waals surface area contributed by atoms with Gasteiger partial charge >= 0.3 is 0 Å². The maximum Gasteiger partial charge on any atom is 0.269 e. The fourth-order valence-electron chi connectivity index (χ4n) is 3.12. The molecule has 0 bridgehead atoms. The summed E-state index contributed by atoms with van der Waals surface area (Å²) in [6.07, 6.45) is -9.74. The Morgan fingerprint density at radius 3 is 2.30 bits per heavy atom. The molecule has 2 fully saturated rings. The number of nitrogens with zero attached hydrogens (tertiary/aromatic N) is 1. The van der Waals surface area contributed by atoms with Crippen LogP contribution in [0.15, 0.2) is 24.3 Å². The van der Waals surface area contributed by atoms with Gasteiger partial charge in [-0.15, -0.1) is 11.8 Å². The lowest BCUT2D eigenvalue weighted by atomic mass is 10.0. The van der Waals surface area contributed by atoms with Crippen LogP contribution in [0, 0.1) is 10.1 Å². The molecule has 168 valence electrons. The summed E-state index contributed by atoms with van der Waals surface area (Å²) in [5.41, 5.74) is -1.23. The predicted molar refractivity (Wildman–Crippen MR) is 101 cm³/mol. The Morgan fingerprint density at radius 2 is 1.70 bits per heavy atom. The summed E-state index contributed by atoms with van der Waals surface area (Å²) in [7, 11) is 0. The highest BCUT2D eigenvalue weighted by Gasteiger charge is 2.47. The smallest absolute Gasteiger partial charge is 0.269 e. The first-order chi connectivity index (χ1) is 14.2. The van der Waals surface area contributed by atoms with Crippen molar-refractivity contribution in [2.24, 2.45) is 0 Å². The number of hydrogen-bond donors (Lipinski definition) is 6. The minimum absolute atomic E-state index is 0.116. The number of ether oxygens (including phenoxy) is 3. The second-order valence-electron chi connectivity index (χ2n) is 6.92. The van der Waals surface area contributed by atoms with Crippen molar-refractivity contribution in [3.8, 4) is 5.75 Å². The first-order valence-corrected chi connectivity index (χ1v) is 10.0. The average Bonchev–Trinajstić information content (AvgIpc) is 2.74. The number of hydrogen-bond acceptors (Lipinski definition) is 12. The molecule has 13 heteroatoms. The molecule has 2 aliphatic rings. The number of benzene rings is 1. The monoisotopic (exact) mass is 449 g/mol. The van der Waals surface area contributed by atoms with Gasteiger partial charge in [0.05, 0.1) is 23.4 Å². The van der Waals surface area contributed by atoms with Crippen LogP contribution in [0.5, 0.6) is 5.75 Å². The van der Waals surface area contributed by atoms with Crippen LogP contribution < -0.4 is 4.74 Å². The largest absolute Gasteiger partial charge is 0.462 e. The third-order valence-corrected chi connectivity index (χ3v) is 6.31. The fraction of sp³-hybridized carbons (Fsp3) is 0.647. The maximum atomic E-state index is 10.7. The molecule has 0 radical (unpaired) electrons. The van der Waals surface area contributed by atoms with Crippen LogP contribution in [0.4, 0.5) is 5.69 Å². The van der Waals surface area contributed by atoms with Gasteiger partial charge < -0.3 is 44.8 Å². The molecule has 0 spiro atoms. The topological polar surface area (TPSA) is 192 Å². The van der Waals surface area contributed by atoms with Gasteiger partial charge in [-0.1, -0.05) is 0 Å². The zero-order valence-electron chi connectivity index (χ0n) is 15.5. The number of rotatable bonds is 6. The molecule has 1 aromatic rings. The maximum absolute atomic E-state index is 10.7. The van der Waals surface area contributed by atoms with Crippen molar-refractivity contribution in [3.63, 3.8) is 0 Å². The molecular formula is C17H23NO11S. The normalized spacial score (nSPS) is 39.5. The summed E-state index contributed by atoms with van der Waals surface area (Å²) < 4.78 is 16.3. The van der Waals surface area contributed by atoms with E-state index in [9.17, 15) is 40.8 Å². The number of thioether (sulfide) groups is 1. The summed E-state index contributed by atoms with van der Waals surface area (Å²) in [5.74, 6) is 0.192. The van der Waals surface area contributed by atoms with Crippen molar-refractivity contribution in [1.82, 2.24) is 0 Å². The summed E-state index contributed by atoms with van der Waals surface area (Å²) in [5, 5.41) is 69.8. The number of nitro benzene ring substituents is 1. The van der Waals surface area contributed by atoms with Gasteiger partial charge in [0.25, 0.3) is 5.69 Å². The molecule has 2 aliphatic heterocycles. The van der Waals surface area contributed by atoms with Crippen LogP contribution in [0.2, 0.25) is 0 Å². The molecule has 30 heavy (non-hydrogen) atoms. The third kappa shape index (κ3) is 4.85. The summed E-state index contributed by atoms with van der Waals surface area (Å²) in [6.45, 7) is -0.699. The van der Waals surface area contributed by atoms with E-state index in [1.165, 1.54) is 24.3 Å². The lowest BCUT2D eigenvalue weighted by molar-refractivity contribution is -0.384. The lowest BCUT2D eigenvalue weighted by Crippen LogP contribution is -2.59. The lowest BCUT2D eigenvalue weighted by Gasteiger charge is -2.43. The molecule has 1 aromatic carbocycles. The van der Waals surface area contributed by atoms with Gasteiger partial charge in [-0.05, 0) is 12.1 Å². The molecule has 0 aromatic heterocycles. The SMILES string of the molecule is O=[N+]([O-])c1ccc(O[C@@H]2OC[C@@H](S[C@@H]3O[C@H](CO)[C@@H](O)[C@H](O)[C@@H]3O)[C@H](O)[C@H]2O)cc1. The highest BCUT2D eigenvalue weighted by Crippen LogP contribution is 2.35. The van der Waals surface area contributed by atoms with E-state index in [0.717, 1.165) is 11.8 Å². The molecule has 0 saturated carbocycles. The van der Waals surface area contributed by atoms with E-state index in [-0.39, 0.29) is 18.0 Å². The van der Waals surface area contributed by atoms with Crippen LogP contribution in [-0.4, -0.2) is 102 Å². The molecule has 2 saturated heterocycles. The Morgan fingerprint density at radius 1 is 1.03 bits per heavy atom. The van der Waals surface area contributed by atoms with Gasteiger partial charge in [0.1, 0.15) is 47.8 Å². The van der Waals surface area contributed by atoms with Gasteiger partial charge in [0.2, 0.25) is 6.29 Å². The highest BCUT2D eigenvalue weighted by atomic mass is 32.2. The van der Waals surface area contributed by atoms with E-state index in [4.69, 9.17) is 14.2 Å². The minimum Gasteiger partial charge on any atom is -0.462 e. The van der Waals surface area contributed by atoms with Crippen molar-refractivity contribution in [1.29, 1.82) is 0 Å². The zero-order valence-corrected chi connectivity index (χ0v) is 16.3. The molecule has 0 amide bonds. The molecule has 6 N–H and O–H groups in total. The molecule has 0 unspecified atom stereocenters. The van der Waals surface area contributed by atoms with Crippen molar-refractivity contribution >= 4 is 17.4 Å². The Balaban J connectivity index is 1.60. The van der Waals surface area contributed by atoms with E-state index in [1.54, 1.807) is 0 Å². The summed E-state index contributed by atoms with van der Waals surface area (Å²) in [4.78, 5) is 10.1. The average molecular weight is 449 g/mol. The standard InChI is InChI=1S/C17H23NO11S/c19-5-9-11(20)13(22)15(24)17(29-9)30-10-6-27-16(14(23)12(10)21)28-8-3-1-7(2-4-8)18(25)26/h1-4,9-17,19-24H,5-6H2/t9-,10-,11-,12+,13+,14-,15+,16+,17+/m1/s1. The van der Waals surface area contributed by atoms with Crippen molar-refractivity contribution < 1.29 is 49.8 Å². The van der Waals surface area contributed by atoms with Gasteiger partial charge in [-0.3, -0.25) is 10.1 Å². The molecule has 9 atom stereocenters. The first kappa shape index (κ1) is 23.1. The van der Waals surface area contributed by atoms with E-state index in [1.807, 2.05) is 0 Å². The van der Waals surface area contributed by atoms with E-state index >= 15 is 0 Å². The molecule has 0 aliphatic carbocycles. The van der Waals surface area contributed by atoms with Gasteiger partial charge in [-0.25, -0.2) is 0 Å². The molecular weight excluding hydrogens is 426 g/mol. The fourth-order valence-corrected chi connectivity index (χ4v) is 4.48. The van der Waals surface area contributed by atoms with Crippen molar-refractivity contribution in [3.05, 3.63) is 34.4 Å². The van der Waals surface area contributed by atoms with Gasteiger partial charge in [0.15, 0.2) is 0 Å². The molecule has 12 nitrogen and oxygen atoms in total. The Labute approximate surface area is 174 Å².